The number of hydrogen-bond donors (Lipinski definition) is 8. The molecule has 0 radical (unpaired) electrons. The fourth-order valence-electron chi connectivity index (χ4n) is 2.61. The molecule has 0 saturated heterocycles. The van der Waals surface area contributed by atoms with Crippen LogP contribution < -0.4 is 32.4 Å². The Labute approximate surface area is 189 Å². The molecule has 0 aromatic heterocycles. The van der Waals surface area contributed by atoms with E-state index >= 15 is 0 Å². The summed E-state index contributed by atoms with van der Waals surface area (Å²) < 4.78 is 15.4. The Morgan fingerprint density at radius 1 is 1.09 bits per heavy atom. The van der Waals surface area contributed by atoms with Crippen molar-refractivity contribution < 1.29 is 38.4 Å². The first kappa shape index (κ1) is 27.8. The van der Waals surface area contributed by atoms with Gasteiger partial charge < -0.3 is 37.5 Å². The number of rotatable bonds is 13. The van der Waals surface area contributed by atoms with Gasteiger partial charge in [0.05, 0.1) is 6.04 Å². The number of carbonyl (C=O) groups is 3. The second-order valence-electron chi connectivity index (χ2n) is 7.13. The summed E-state index contributed by atoms with van der Waals surface area (Å²) >= 11 is 0. The molecule has 1 aromatic carbocycles. The van der Waals surface area contributed by atoms with Crippen molar-refractivity contribution in [3.05, 3.63) is 29.8 Å². The van der Waals surface area contributed by atoms with Crippen LogP contribution in [0.4, 0.5) is 0 Å². The number of nitrogens with zero attached hydrogens (tertiary/aromatic N) is 1. The van der Waals surface area contributed by atoms with E-state index in [2.05, 4.69) is 20.1 Å². The molecule has 0 saturated carbocycles. The fraction of sp³-hybridized carbons (Fsp3) is 0.444. The zero-order chi connectivity index (χ0) is 25.2. The second-order valence-corrected chi connectivity index (χ2v) is 8.29. The molecular formula is C18H29N6O8P. The Balaban J connectivity index is 2.94. The van der Waals surface area contributed by atoms with Crippen LogP contribution in [0.25, 0.3) is 0 Å². The van der Waals surface area contributed by atoms with Crippen LogP contribution in [-0.2, 0) is 25.4 Å². The number of carbonyl (C=O) groups excluding carboxylic acids is 2. The average molecular weight is 488 g/mol. The summed E-state index contributed by atoms with van der Waals surface area (Å²) in [6, 6.07) is 2.09. The van der Waals surface area contributed by atoms with Gasteiger partial charge in [-0.25, -0.2) is 9.36 Å². The van der Waals surface area contributed by atoms with E-state index in [4.69, 9.17) is 27.0 Å². The molecule has 33 heavy (non-hydrogen) atoms. The molecule has 2 amide bonds. The lowest BCUT2D eigenvalue weighted by Gasteiger charge is -2.22. The van der Waals surface area contributed by atoms with Gasteiger partial charge in [-0.15, -0.1) is 0 Å². The Bertz CT molecular complexity index is 898. The number of aliphatic carboxylic acids is 1. The van der Waals surface area contributed by atoms with Crippen molar-refractivity contribution in [2.24, 2.45) is 22.2 Å². The number of nitrogens with one attached hydrogen (secondary N) is 2. The largest absolute Gasteiger partial charge is 0.524 e. The molecule has 0 spiro atoms. The fourth-order valence-corrected chi connectivity index (χ4v) is 3.00. The van der Waals surface area contributed by atoms with E-state index < -0.39 is 43.7 Å². The monoisotopic (exact) mass is 488 g/mol. The highest BCUT2D eigenvalue weighted by atomic mass is 31.2. The highest BCUT2D eigenvalue weighted by Gasteiger charge is 2.27. The zero-order valence-electron chi connectivity index (χ0n) is 17.9. The minimum atomic E-state index is -4.73. The summed E-state index contributed by atoms with van der Waals surface area (Å²) in [5.74, 6) is -2.89. The normalized spacial score (nSPS) is 13.8. The lowest BCUT2D eigenvalue weighted by molar-refractivity contribution is -0.142. The summed E-state index contributed by atoms with van der Waals surface area (Å²) in [5.41, 5.74) is 16.5. The number of nitrogens with two attached hydrogens (primary N) is 3. The van der Waals surface area contributed by atoms with Crippen molar-refractivity contribution in [3.8, 4) is 5.75 Å². The van der Waals surface area contributed by atoms with Crippen LogP contribution in [0.1, 0.15) is 25.3 Å². The minimum absolute atomic E-state index is 0.0419. The van der Waals surface area contributed by atoms with E-state index in [0.29, 0.717) is 5.56 Å². The van der Waals surface area contributed by atoms with Crippen LogP contribution in [-0.4, -0.2) is 63.3 Å². The molecule has 0 heterocycles. The van der Waals surface area contributed by atoms with Crippen LogP contribution in [0.15, 0.2) is 29.3 Å². The molecule has 0 unspecified atom stereocenters. The quantitative estimate of drug-likeness (QED) is 0.0662. The number of amides is 2. The SMILES string of the molecule is C[C@H](N)C(=O)N[C@@H](Cc1ccc(OP(=O)(O)O)cc1)C(=O)N[C@@H](CCCN=C(N)N)C(=O)O. The van der Waals surface area contributed by atoms with E-state index in [1.807, 2.05) is 0 Å². The second kappa shape index (κ2) is 12.7. The lowest BCUT2D eigenvalue weighted by atomic mass is 10.0. The van der Waals surface area contributed by atoms with Crippen molar-refractivity contribution in [3.63, 3.8) is 0 Å². The summed E-state index contributed by atoms with van der Waals surface area (Å²) in [5, 5.41) is 14.3. The van der Waals surface area contributed by atoms with Gasteiger partial charge >= 0.3 is 13.8 Å². The van der Waals surface area contributed by atoms with Gasteiger partial charge in [-0.2, -0.15) is 0 Å². The van der Waals surface area contributed by atoms with Gasteiger partial charge in [-0.3, -0.25) is 24.4 Å². The maximum absolute atomic E-state index is 12.8. The Hall–Kier alpha value is -3.19. The van der Waals surface area contributed by atoms with E-state index in [9.17, 15) is 24.1 Å². The van der Waals surface area contributed by atoms with Gasteiger partial charge in [0.1, 0.15) is 17.8 Å². The van der Waals surface area contributed by atoms with Gasteiger partial charge in [0.25, 0.3) is 0 Å². The van der Waals surface area contributed by atoms with Crippen molar-refractivity contribution in [2.75, 3.05) is 6.54 Å². The summed E-state index contributed by atoms with van der Waals surface area (Å²) in [6.07, 6.45) is 0.272. The molecule has 15 heteroatoms. The first-order valence-corrected chi connectivity index (χ1v) is 11.3. The maximum Gasteiger partial charge on any atom is 0.524 e. The smallest absolute Gasteiger partial charge is 0.480 e. The number of phosphoric ester groups is 1. The number of carboxylic acids is 1. The number of phosphoric acid groups is 1. The summed E-state index contributed by atoms with van der Waals surface area (Å²) in [6.45, 7) is 1.60. The third-order valence-corrected chi connectivity index (χ3v) is 4.64. The Morgan fingerprint density at radius 3 is 2.15 bits per heavy atom. The number of benzene rings is 1. The molecule has 0 bridgehead atoms. The molecule has 0 aliphatic heterocycles. The van der Waals surface area contributed by atoms with E-state index in [0.717, 1.165) is 0 Å². The van der Waals surface area contributed by atoms with Gasteiger partial charge in [0.15, 0.2) is 5.96 Å². The van der Waals surface area contributed by atoms with Crippen LogP contribution in [0.3, 0.4) is 0 Å². The molecule has 184 valence electrons. The third-order valence-electron chi connectivity index (χ3n) is 4.19. The lowest BCUT2D eigenvalue weighted by Crippen LogP contribution is -2.54. The molecule has 1 aromatic rings. The van der Waals surface area contributed by atoms with Crippen LogP contribution in [0.5, 0.6) is 5.75 Å². The molecule has 14 nitrogen and oxygen atoms in total. The van der Waals surface area contributed by atoms with Crippen LogP contribution in [0, 0.1) is 0 Å². The minimum Gasteiger partial charge on any atom is -0.480 e. The van der Waals surface area contributed by atoms with Gasteiger partial charge in [0.2, 0.25) is 11.8 Å². The average Bonchev–Trinajstić information content (AvgIpc) is 2.69. The van der Waals surface area contributed by atoms with Gasteiger partial charge in [0, 0.05) is 13.0 Å². The predicted octanol–water partition coefficient (Wildman–Crippen LogP) is -1.84. The van der Waals surface area contributed by atoms with E-state index in [1.165, 1.54) is 31.2 Å². The Morgan fingerprint density at radius 2 is 1.67 bits per heavy atom. The van der Waals surface area contributed by atoms with Crippen LogP contribution >= 0.6 is 7.82 Å². The van der Waals surface area contributed by atoms with Gasteiger partial charge in [-0.1, -0.05) is 12.1 Å². The van der Waals surface area contributed by atoms with Gasteiger partial charge in [-0.05, 0) is 37.5 Å². The van der Waals surface area contributed by atoms with Crippen molar-refractivity contribution in [1.29, 1.82) is 0 Å². The zero-order valence-corrected chi connectivity index (χ0v) is 18.8. The molecule has 0 fully saturated rings. The maximum atomic E-state index is 12.8. The number of guanidine groups is 1. The molecular weight excluding hydrogens is 459 g/mol. The first-order valence-electron chi connectivity index (χ1n) is 9.77. The standard InChI is InChI=1S/C18H29N6O8P/c1-10(19)15(25)24-14(9-11-4-6-12(7-5-11)32-33(29,30)31)16(26)23-13(17(27)28)3-2-8-22-18(20)21/h4-7,10,13-14H,2-3,8-9,19H2,1H3,(H,23,26)(H,24,25)(H,27,28)(H4,20,21,22)(H2,29,30,31)/t10-,13-,14-/m0/s1. The summed E-state index contributed by atoms with van der Waals surface area (Å²) in [7, 11) is -4.73. The third kappa shape index (κ3) is 11.3. The molecule has 11 N–H and O–H groups in total. The van der Waals surface area contributed by atoms with E-state index in [-0.39, 0.29) is 37.5 Å². The van der Waals surface area contributed by atoms with Crippen molar-refractivity contribution in [2.45, 2.75) is 44.3 Å². The first-order chi connectivity index (χ1) is 15.3. The topological polar surface area (TPSA) is 253 Å². The molecule has 0 aliphatic carbocycles. The number of hydrogen-bond acceptors (Lipinski definition) is 7. The Kier molecular flexibility index (Phi) is 10.8. The number of aliphatic imine (C=N–C) groups is 1. The molecule has 0 aliphatic rings. The number of carboxylic acid groups (broad SMARTS) is 1. The van der Waals surface area contributed by atoms with Crippen molar-refractivity contribution >= 4 is 31.6 Å². The highest BCUT2D eigenvalue weighted by Crippen LogP contribution is 2.37. The predicted molar refractivity (Wildman–Crippen MR) is 118 cm³/mol. The summed E-state index contributed by atoms with van der Waals surface area (Å²) in [4.78, 5) is 57.9. The highest BCUT2D eigenvalue weighted by molar-refractivity contribution is 7.46. The van der Waals surface area contributed by atoms with Crippen LogP contribution in [0.2, 0.25) is 0 Å². The van der Waals surface area contributed by atoms with E-state index in [1.54, 1.807) is 0 Å². The van der Waals surface area contributed by atoms with Crippen molar-refractivity contribution in [1.82, 2.24) is 10.6 Å². The molecule has 1 rings (SSSR count). The molecule has 3 atom stereocenters.